The highest BCUT2D eigenvalue weighted by molar-refractivity contribution is 8.18. The highest BCUT2D eigenvalue weighted by atomic mass is 35.5. The van der Waals surface area contributed by atoms with Crippen molar-refractivity contribution in [1.29, 1.82) is 0 Å². The van der Waals surface area contributed by atoms with E-state index >= 15 is 0 Å². The second kappa shape index (κ2) is 9.43. The Kier molecular flexibility index (Phi) is 6.95. The molecule has 2 aromatic rings. The number of halogens is 3. The number of benzene rings is 2. The first-order valence-electron chi connectivity index (χ1n) is 8.55. The van der Waals surface area contributed by atoms with Crippen molar-refractivity contribution in [3.63, 3.8) is 0 Å². The van der Waals surface area contributed by atoms with E-state index in [4.69, 9.17) is 23.2 Å². The zero-order valence-corrected chi connectivity index (χ0v) is 17.3. The van der Waals surface area contributed by atoms with E-state index in [1.807, 2.05) is 0 Å². The molecule has 9 heteroatoms. The Bertz CT molecular complexity index is 996. The third-order valence-electron chi connectivity index (χ3n) is 4.05. The summed E-state index contributed by atoms with van der Waals surface area (Å²) in [6.07, 6.45) is 1.65. The van der Waals surface area contributed by atoms with Gasteiger partial charge < -0.3 is 5.32 Å². The lowest BCUT2D eigenvalue weighted by Gasteiger charge is -2.13. The average Bonchev–Trinajstić information content (AvgIpc) is 2.94. The topological polar surface area (TPSA) is 66.5 Å². The number of hydrogen-bond acceptors (Lipinski definition) is 4. The summed E-state index contributed by atoms with van der Waals surface area (Å²) in [6, 6.07) is 10.5. The van der Waals surface area contributed by atoms with Gasteiger partial charge in [-0.3, -0.25) is 19.3 Å². The molecule has 1 aliphatic heterocycles. The molecule has 0 atom stereocenters. The highest BCUT2D eigenvalue weighted by Gasteiger charge is 2.34. The van der Waals surface area contributed by atoms with Gasteiger partial charge in [0.25, 0.3) is 11.1 Å². The summed E-state index contributed by atoms with van der Waals surface area (Å²) in [7, 11) is 0. The van der Waals surface area contributed by atoms with Crippen LogP contribution in [0.1, 0.15) is 11.1 Å². The second-order valence-corrected chi connectivity index (χ2v) is 7.97. The fraction of sp³-hybridized carbons (Fsp3) is 0.150. The maximum atomic E-state index is 12.9. The quantitative estimate of drug-likeness (QED) is 0.653. The van der Waals surface area contributed by atoms with Crippen molar-refractivity contribution in [1.82, 2.24) is 10.2 Å². The van der Waals surface area contributed by atoms with E-state index in [2.05, 4.69) is 5.32 Å². The lowest BCUT2D eigenvalue weighted by atomic mass is 10.1. The van der Waals surface area contributed by atoms with Crippen molar-refractivity contribution in [2.75, 3.05) is 13.1 Å². The first-order valence-corrected chi connectivity index (χ1v) is 10.1. The van der Waals surface area contributed by atoms with Gasteiger partial charge in [0.1, 0.15) is 5.82 Å². The van der Waals surface area contributed by atoms with Gasteiger partial charge >= 0.3 is 0 Å². The molecular weight excluding hydrogens is 438 g/mol. The van der Waals surface area contributed by atoms with Crippen molar-refractivity contribution in [2.45, 2.75) is 6.42 Å². The second-order valence-electron chi connectivity index (χ2n) is 6.16. The summed E-state index contributed by atoms with van der Waals surface area (Å²) >= 11 is 12.7. The van der Waals surface area contributed by atoms with E-state index in [0.717, 1.165) is 16.7 Å². The van der Waals surface area contributed by atoms with E-state index in [9.17, 15) is 18.8 Å². The van der Waals surface area contributed by atoms with Crippen LogP contribution in [0.15, 0.2) is 47.4 Å². The molecule has 0 bridgehead atoms. The first kappa shape index (κ1) is 21.4. The van der Waals surface area contributed by atoms with Gasteiger partial charge in [-0.05, 0) is 53.2 Å². The molecule has 29 heavy (non-hydrogen) atoms. The molecule has 2 aromatic carbocycles. The molecule has 3 rings (SSSR count). The van der Waals surface area contributed by atoms with Crippen LogP contribution < -0.4 is 5.32 Å². The average molecular weight is 453 g/mol. The lowest BCUT2D eigenvalue weighted by Crippen LogP contribution is -2.37. The summed E-state index contributed by atoms with van der Waals surface area (Å²) in [6.45, 7) is 0.177. The Labute approximate surface area is 180 Å². The Hall–Kier alpha value is -2.35. The highest BCUT2D eigenvalue weighted by Crippen LogP contribution is 2.33. The summed E-state index contributed by atoms with van der Waals surface area (Å²) in [4.78, 5) is 37.9. The smallest absolute Gasteiger partial charge is 0.293 e. The monoisotopic (exact) mass is 452 g/mol. The van der Waals surface area contributed by atoms with Crippen molar-refractivity contribution in [2.24, 2.45) is 0 Å². The van der Waals surface area contributed by atoms with Crippen molar-refractivity contribution < 1.29 is 18.8 Å². The number of nitrogens with one attached hydrogen (secondary N) is 1. The first-order chi connectivity index (χ1) is 13.8. The molecule has 1 aliphatic rings. The van der Waals surface area contributed by atoms with Crippen molar-refractivity contribution >= 4 is 58.1 Å². The summed E-state index contributed by atoms with van der Waals surface area (Å²) in [5.74, 6) is -1.09. The van der Waals surface area contributed by atoms with Crippen LogP contribution in [0.5, 0.6) is 0 Å². The van der Waals surface area contributed by atoms with E-state index in [1.54, 1.807) is 24.3 Å². The van der Waals surface area contributed by atoms with Crippen LogP contribution in [0, 0.1) is 5.82 Å². The summed E-state index contributed by atoms with van der Waals surface area (Å²) in [5, 5.41) is 2.99. The lowest BCUT2D eigenvalue weighted by molar-refractivity contribution is -0.124. The molecule has 0 saturated carbocycles. The van der Waals surface area contributed by atoms with Crippen LogP contribution in [-0.2, 0) is 16.0 Å². The van der Waals surface area contributed by atoms with Gasteiger partial charge in [-0.25, -0.2) is 4.39 Å². The van der Waals surface area contributed by atoms with Crippen LogP contribution in [0.25, 0.3) is 6.08 Å². The Morgan fingerprint density at radius 3 is 2.52 bits per heavy atom. The third kappa shape index (κ3) is 5.59. The maximum Gasteiger partial charge on any atom is 0.293 e. The third-order valence-corrected chi connectivity index (χ3v) is 5.70. The maximum absolute atomic E-state index is 12.9. The summed E-state index contributed by atoms with van der Waals surface area (Å²) < 4.78 is 12.9. The fourth-order valence-electron chi connectivity index (χ4n) is 2.60. The zero-order chi connectivity index (χ0) is 21.0. The van der Waals surface area contributed by atoms with Gasteiger partial charge in [0.2, 0.25) is 5.91 Å². The van der Waals surface area contributed by atoms with Gasteiger partial charge in [0, 0.05) is 13.1 Å². The molecule has 1 saturated heterocycles. The largest absolute Gasteiger partial charge is 0.354 e. The zero-order valence-electron chi connectivity index (χ0n) is 15.0. The van der Waals surface area contributed by atoms with E-state index in [0.29, 0.717) is 21.2 Å². The van der Waals surface area contributed by atoms with E-state index in [-0.39, 0.29) is 36.1 Å². The number of nitrogens with zero attached hydrogens (tertiary/aromatic N) is 1. The standard InChI is InChI=1S/C20H15Cl2FN2O3S/c21-15-6-3-13(9-16(15)22)10-17-19(27)25(20(28)29-17)8-7-24-18(26)11-12-1-4-14(23)5-2-12/h1-6,9-10H,7-8,11H2,(H,24,26). The van der Waals surface area contributed by atoms with Crippen LogP contribution in [-0.4, -0.2) is 35.0 Å². The molecule has 0 spiro atoms. The number of imide groups is 1. The Morgan fingerprint density at radius 2 is 1.83 bits per heavy atom. The Morgan fingerprint density at radius 1 is 1.10 bits per heavy atom. The molecule has 0 aliphatic carbocycles. The molecule has 5 nitrogen and oxygen atoms in total. The predicted molar refractivity (Wildman–Crippen MR) is 112 cm³/mol. The van der Waals surface area contributed by atoms with Crippen LogP contribution in [0.4, 0.5) is 9.18 Å². The van der Waals surface area contributed by atoms with Crippen molar-refractivity contribution in [3.05, 3.63) is 74.4 Å². The number of thioether (sulfide) groups is 1. The normalized spacial score (nSPS) is 15.3. The molecule has 1 N–H and O–H groups in total. The molecule has 0 aromatic heterocycles. The summed E-state index contributed by atoms with van der Waals surface area (Å²) in [5.41, 5.74) is 1.32. The van der Waals surface area contributed by atoms with Gasteiger partial charge in [-0.1, -0.05) is 41.4 Å². The van der Waals surface area contributed by atoms with Crippen LogP contribution in [0.3, 0.4) is 0 Å². The number of amides is 3. The molecule has 1 heterocycles. The van der Waals surface area contributed by atoms with Gasteiger partial charge in [0.05, 0.1) is 21.4 Å². The minimum atomic E-state index is -0.432. The van der Waals surface area contributed by atoms with Gasteiger partial charge in [0.15, 0.2) is 0 Å². The van der Waals surface area contributed by atoms with Crippen LogP contribution in [0.2, 0.25) is 10.0 Å². The minimum absolute atomic E-state index is 0.0541. The van der Waals surface area contributed by atoms with E-state index < -0.39 is 11.1 Å². The molecule has 0 unspecified atom stereocenters. The predicted octanol–water partition coefficient (Wildman–Crippen LogP) is 4.53. The molecule has 150 valence electrons. The SMILES string of the molecule is O=C(Cc1ccc(F)cc1)NCCN1C(=O)SC(=Cc2ccc(Cl)c(Cl)c2)C1=O. The fourth-order valence-corrected chi connectivity index (χ4v) is 3.78. The molecule has 3 amide bonds. The molecule has 0 radical (unpaired) electrons. The number of carbonyl (C=O) groups excluding carboxylic acids is 3. The molecular formula is C20H15Cl2FN2O3S. The van der Waals surface area contributed by atoms with Gasteiger partial charge in [-0.2, -0.15) is 0 Å². The number of carbonyl (C=O) groups is 3. The number of rotatable bonds is 6. The van der Waals surface area contributed by atoms with E-state index in [1.165, 1.54) is 24.3 Å². The molecule has 1 fully saturated rings. The minimum Gasteiger partial charge on any atom is -0.354 e. The van der Waals surface area contributed by atoms with Crippen molar-refractivity contribution in [3.8, 4) is 0 Å². The Balaban J connectivity index is 1.54. The van der Waals surface area contributed by atoms with Gasteiger partial charge in [-0.15, -0.1) is 0 Å². The number of hydrogen-bond donors (Lipinski definition) is 1. The van der Waals surface area contributed by atoms with Crippen LogP contribution >= 0.6 is 35.0 Å².